The minimum atomic E-state index is 0.000394. The highest BCUT2D eigenvalue weighted by Gasteiger charge is 2.28. The maximum atomic E-state index is 12.6. The van der Waals surface area contributed by atoms with Crippen LogP contribution in [0.3, 0.4) is 0 Å². The molecule has 1 aromatic heterocycles. The number of thiophene rings is 1. The number of benzene rings is 1. The molecule has 3 heterocycles. The second-order valence-corrected chi connectivity index (χ2v) is 9.16. The van der Waals surface area contributed by atoms with Crippen LogP contribution < -0.4 is 10.2 Å². The third-order valence-electron chi connectivity index (χ3n) is 6.14. The predicted octanol–water partition coefficient (Wildman–Crippen LogP) is 2.10. The zero-order valence-corrected chi connectivity index (χ0v) is 17.7. The number of carbonyl (C=O) groups excluding carboxylic acids is 2. The topological polar surface area (TPSA) is 53.9 Å². The fraction of sp³-hybridized carbons (Fsp3) is 0.478. The summed E-state index contributed by atoms with van der Waals surface area (Å²) < 4.78 is 0. The molecular weight excluding hydrogens is 382 g/mol. The number of quaternary nitrogens is 1. The molecule has 2 aliphatic heterocycles. The number of hydrogen-bond acceptors (Lipinski definition) is 3. The first-order valence-electron chi connectivity index (χ1n) is 10.7. The van der Waals surface area contributed by atoms with E-state index in [-0.39, 0.29) is 17.7 Å². The molecule has 2 fully saturated rings. The van der Waals surface area contributed by atoms with Crippen LogP contribution >= 0.6 is 11.3 Å². The minimum absolute atomic E-state index is 0.000394. The molecule has 0 aliphatic carbocycles. The Balaban J connectivity index is 1.20. The molecule has 0 unspecified atom stereocenters. The first-order valence-corrected chi connectivity index (χ1v) is 11.6. The molecule has 2 amide bonds. The molecule has 0 saturated carbocycles. The van der Waals surface area contributed by atoms with Gasteiger partial charge in [-0.1, -0.05) is 30.3 Å². The van der Waals surface area contributed by atoms with Crippen molar-refractivity contribution >= 4 is 23.2 Å². The van der Waals surface area contributed by atoms with E-state index in [1.165, 1.54) is 42.8 Å². The Morgan fingerprint density at radius 2 is 1.72 bits per heavy atom. The van der Waals surface area contributed by atoms with Gasteiger partial charge in [0.15, 0.2) is 0 Å². The van der Waals surface area contributed by atoms with Crippen molar-refractivity contribution in [2.45, 2.75) is 38.8 Å². The number of carbonyl (C=O) groups is 2. The zero-order chi connectivity index (χ0) is 20.1. The number of likely N-dealkylation sites (tertiary alicyclic amines) is 2. The van der Waals surface area contributed by atoms with Crippen molar-refractivity contribution in [1.29, 1.82) is 0 Å². The number of rotatable bonds is 6. The van der Waals surface area contributed by atoms with Crippen molar-refractivity contribution in [3.05, 3.63) is 57.8 Å². The van der Waals surface area contributed by atoms with Gasteiger partial charge in [-0.25, -0.2) is 0 Å². The van der Waals surface area contributed by atoms with Gasteiger partial charge in [0.2, 0.25) is 5.91 Å². The lowest BCUT2D eigenvalue weighted by molar-refractivity contribution is -0.901. The van der Waals surface area contributed by atoms with Crippen molar-refractivity contribution < 1.29 is 14.5 Å². The number of piperidine rings is 1. The van der Waals surface area contributed by atoms with Gasteiger partial charge in [0.25, 0.3) is 5.91 Å². The van der Waals surface area contributed by atoms with E-state index in [1.54, 1.807) is 4.90 Å². The van der Waals surface area contributed by atoms with E-state index >= 15 is 0 Å². The van der Waals surface area contributed by atoms with Gasteiger partial charge in [-0.2, -0.15) is 0 Å². The third kappa shape index (κ3) is 5.25. The van der Waals surface area contributed by atoms with Gasteiger partial charge >= 0.3 is 0 Å². The fourth-order valence-electron chi connectivity index (χ4n) is 4.35. The van der Waals surface area contributed by atoms with Crippen LogP contribution in [-0.4, -0.2) is 42.9 Å². The van der Waals surface area contributed by atoms with Crippen LogP contribution in [0.4, 0.5) is 0 Å². The van der Waals surface area contributed by atoms with E-state index in [9.17, 15) is 9.59 Å². The molecule has 4 rings (SSSR count). The van der Waals surface area contributed by atoms with Gasteiger partial charge in [0.05, 0.1) is 18.0 Å². The number of nitrogens with one attached hydrogen (secondary N) is 2. The summed E-state index contributed by atoms with van der Waals surface area (Å²) in [6, 6.07) is 12.4. The average molecular weight is 413 g/mol. The van der Waals surface area contributed by atoms with Gasteiger partial charge in [-0.15, -0.1) is 11.3 Å². The van der Waals surface area contributed by atoms with Crippen LogP contribution in [0.25, 0.3) is 0 Å². The highest BCUT2D eigenvalue weighted by atomic mass is 32.1. The first kappa shape index (κ1) is 20.1. The summed E-state index contributed by atoms with van der Waals surface area (Å²) in [5.41, 5.74) is 2.52. The summed E-state index contributed by atoms with van der Waals surface area (Å²) in [7, 11) is 0. The second-order valence-electron chi connectivity index (χ2n) is 8.21. The Labute approximate surface area is 176 Å². The summed E-state index contributed by atoms with van der Waals surface area (Å²) in [6.07, 6.45) is 4.17. The van der Waals surface area contributed by atoms with Crippen LogP contribution in [0.1, 0.15) is 46.5 Å². The van der Waals surface area contributed by atoms with E-state index < -0.39 is 0 Å². The molecule has 2 aromatic rings. The smallest absolute Gasteiger partial charge is 0.263 e. The van der Waals surface area contributed by atoms with E-state index in [0.29, 0.717) is 19.6 Å². The molecule has 0 atom stereocenters. The second kappa shape index (κ2) is 9.55. The van der Waals surface area contributed by atoms with Crippen molar-refractivity contribution in [1.82, 2.24) is 10.2 Å². The molecule has 2 N–H and O–H groups in total. The normalized spacial score (nSPS) is 18.1. The number of amides is 2. The van der Waals surface area contributed by atoms with Gasteiger partial charge < -0.3 is 15.1 Å². The highest BCUT2D eigenvalue weighted by molar-refractivity contribution is 7.12. The molecule has 5 nitrogen and oxygen atoms in total. The molecule has 29 heavy (non-hydrogen) atoms. The van der Waals surface area contributed by atoms with Crippen molar-refractivity contribution in [2.24, 2.45) is 5.92 Å². The van der Waals surface area contributed by atoms with Gasteiger partial charge in [0, 0.05) is 44.0 Å². The summed E-state index contributed by atoms with van der Waals surface area (Å²) in [5.74, 6) is 0.203. The molecule has 1 aromatic carbocycles. The molecular formula is C23H30N3O2S+. The molecule has 2 aliphatic rings. The molecule has 0 spiro atoms. The summed E-state index contributed by atoms with van der Waals surface area (Å²) >= 11 is 1.48. The zero-order valence-electron chi connectivity index (χ0n) is 16.9. The SMILES string of the molecule is O=C(NCc1ccc(C[NH+]2CCCC2)cc1)C1CCN(C(=O)c2cccs2)CC1. The maximum Gasteiger partial charge on any atom is 0.263 e. The highest BCUT2D eigenvalue weighted by Crippen LogP contribution is 2.21. The average Bonchev–Trinajstić information content (AvgIpc) is 3.47. The predicted molar refractivity (Wildman–Crippen MR) is 115 cm³/mol. The van der Waals surface area contributed by atoms with Crippen molar-refractivity contribution in [2.75, 3.05) is 26.2 Å². The number of hydrogen-bond donors (Lipinski definition) is 2. The van der Waals surface area contributed by atoms with Crippen LogP contribution in [-0.2, 0) is 17.9 Å². The molecule has 2 saturated heterocycles. The van der Waals surface area contributed by atoms with E-state index in [1.807, 2.05) is 22.4 Å². The van der Waals surface area contributed by atoms with Crippen molar-refractivity contribution in [3.63, 3.8) is 0 Å². The Kier molecular flexibility index (Phi) is 6.62. The van der Waals surface area contributed by atoms with Crippen molar-refractivity contribution in [3.8, 4) is 0 Å². The quantitative estimate of drug-likeness (QED) is 0.764. The van der Waals surface area contributed by atoms with Crippen LogP contribution in [0, 0.1) is 5.92 Å². The molecule has 6 heteroatoms. The monoisotopic (exact) mass is 412 g/mol. The van der Waals surface area contributed by atoms with Crippen LogP contribution in [0.15, 0.2) is 41.8 Å². The lowest BCUT2D eigenvalue weighted by Crippen LogP contribution is -3.08. The minimum Gasteiger partial charge on any atom is -0.352 e. The maximum absolute atomic E-state index is 12.6. The van der Waals surface area contributed by atoms with E-state index in [2.05, 4.69) is 29.6 Å². The Bertz CT molecular complexity index is 805. The summed E-state index contributed by atoms with van der Waals surface area (Å²) in [5, 5.41) is 5.01. The third-order valence-corrected chi connectivity index (χ3v) is 7.00. The van der Waals surface area contributed by atoms with Gasteiger partial charge in [0.1, 0.15) is 6.54 Å². The Morgan fingerprint density at radius 1 is 1.03 bits per heavy atom. The summed E-state index contributed by atoms with van der Waals surface area (Å²) in [4.78, 5) is 29.3. The van der Waals surface area contributed by atoms with Gasteiger partial charge in [-0.05, 0) is 29.9 Å². The number of nitrogens with zero attached hydrogens (tertiary/aromatic N) is 1. The van der Waals surface area contributed by atoms with E-state index in [4.69, 9.17) is 0 Å². The molecule has 154 valence electrons. The molecule has 0 radical (unpaired) electrons. The standard InChI is InChI=1S/C23H29N3O2S/c27-22(20-9-13-26(14-10-20)23(28)21-4-3-15-29-21)24-16-18-5-7-19(8-6-18)17-25-11-1-2-12-25/h3-8,15,20H,1-2,9-14,16-17H2,(H,24,27)/p+1. The van der Waals surface area contributed by atoms with Crippen LogP contribution in [0.5, 0.6) is 0 Å². The largest absolute Gasteiger partial charge is 0.352 e. The van der Waals surface area contributed by atoms with Crippen LogP contribution in [0.2, 0.25) is 0 Å². The Hall–Kier alpha value is -2.18. The summed E-state index contributed by atoms with van der Waals surface area (Å²) in [6.45, 7) is 5.56. The first-order chi connectivity index (χ1) is 14.2. The lowest BCUT2D eigenvalue weighted by Gasteiger charge is -2.31. The van der Waals surface area contributed by atoms with Gasteiger partial charge in [-0.3, -0.25) is 9.59 Å². The Morgan fingerprint density at radius 3 is 2.38 bits per heavy atom. The molecule has 0 bridgehead atoms. The van der Waals surface area contributed by atoms with E-state index in [0.717, 1.165) is 29.8 Å². The fourth-order valence-corrected chi connectivity index (χ4v) is 5.04. The lowest BCUT2D eigenvalue weighted by atomic mass is 9.95.